The van der Waals surface area contributed by atoms with Gasteiger partial charge in [-0.15, -0.1) is 0 Å². The van der Waals surface area contributed by atoms with Crippen molar-refractivity contribution >= 4 is 16.5 Å². The molecule has 0 saturated heterocycles. The average Bonchev–Trinajstić information content (AvgIpc) is 2.27. The Morgan fingerprint density at radius 3 is 2.62 bits per heavy atom. The van der Waals surface area contributed by atoms with Crippen molar-refractivity contribution in [3.8, 4) is 0 Å². The molecule has 0 saturated carbocycles. The van der Waals surface area contributed by atoms with Gasteiger partial charge in [-0.3, -0.25) is 10.1 Å². The van der Waals surface area contributed by atoms with E-state index in [0.29, 0.717) is 10.9 Å². The highest BCUT2D eigenvalue weighted by Crippen LogP contribution is 2.29. The fourth-order valence-corrected chi connectivity index (χ4v) is 1.71. The molecule has 1 atom stereocenters. The van der Waals surface area contributed by atoms with Crippen molar-refractivity contribution in [3.63, 3.8) is 0 Å². The highest BCUT2D eigenvalue weighted by Gasteiger charge is 2.14. The summed E-state index contributed by atoms with van der Waals surface area (Å²) in [6.45, 7) is 1.59. The summed E-state index contributed by atoms with van der Waals surface area (Å²) in [4.78, 5) is 10.5. The first-order valence-electron chi connectivity index (χ1n) is 4.95. The van der Waals surface area contributed by atoms with Crippen LogP contribution in [0, 0.1) is 10.1 Å². The number of rotatable bonds is 2. The Hall–Kier alpha value is -1.94. The van der Waals surface area contributed by atoms with Crippen LogP contribution in [0.2, 0.25) is 0 Å². The molecule has 0 fully saturated rings. The van der Waals surface area contributed by atoms with Crippen LogP contribution in [-0.2, 0) is 0 Å². The normalized spacial score (nSPS) is 12.6. The molecule has 0 heterocycles. The van der Waals surface area contributed by atoms with Crippen LogP contribution in [0.4, 0.5) is 5.69 Å². The highest BCUT2D eigenvalue weighted by molar-refractivity contribution is 5.91. The summed E-state index contributed by atoms with van der Waals surface area (Å²) in [5.41, 5.74) is 0.597. The van der Waals surface area contributed by atoms with Crippen LogP contribution in [0.25, 0.3) is 10.8 Å². The number of non-ortho nitro benzene ring substituents is 1. The molecule has 0 aliphatic rings. The molecule has 16 heavy (non-hydrogen) atoms. The zero-order chi connectivity index (χ0) is 11.7. The van der Waals surface area contributed by atoms with Crippen LogP contribution in [0.5, 0.6) is 0 Å². The lowest BCUT2D eigenvalue weighted by Gasteiger charge is -2.07. The Morgan fingerprint density at radius 1 is 1.31 bits per heavy atom. The van der Waals surface area contributed by atoms with Gasteiger partial charge < -0.3 is 5.11 Å². The zero-order valence-corrected chi connectivity index (χ0v) is 8.75. The van der Waals surface area contributed by atoms with Crippen molar-refractivity contribution in [1.82, 2.24) is 0 Å². The SMILES string of the molecule is C[C@H](O)c1cc([N+](=O)[O-])c2ccccc2c1. The number of nitrogens with zero attached hydrogens (tertiary/aromatic N) is 1. The van der Waals surface area contributed by atoms with Gasteiger partial charge in [0, 0.05) is 6.07 Å². The van der Waals surface area contributed by atoms with Crippen molar-refractivity contribution in [1.29, 1.82) is 0 Å². The summed E-state index contributed by atoms with van der Waals surface area (Å²) in [5.74, 6) is 0. The summed E-state index contributed by atoms with van der Waals surface area (Å²) in [5, 5.41) is 21.7. The lowest BCUT2D eigenvalue weighted by atomic mass is 10.0. The summed E-state index contributed by atoms with van der Waals surface area (Å²) < 4.78 is 0. The van der Waals surface area contributed by atoms with Gasteiger partial charge in [0.2, 0.25) is 0 Å². The number of benzene rings is 2. The Morgan fingerprint density at radius 2 is 2.00 bits per heavy atom. The van der Waals surface area contributed by atoms with Crippen molar-refractivity contribution in [2.45, 2.75) is 13.0 Å². The van der Waals surface area contributed by atoms with E-state index in [1.165, 1.54) is 6.07 Å². The molecule has 0 radical (unpaired) electrons. The topological polar surface area (TPSA) is 63.4 Å². The quantitative estimate of drug-likeness (QED) is 0.621. The Bertz CT molecular complexity index is 549. The van der Waals surface area contributed by atoms with Gasteiger partial charge in [-0.05, 0) is 30.0 Å². The standard InChI is InChI=1S/C12H11NO3/c1-8(14)10-6-9-4-2-3-5-11(9)12(7-10)13(15)16/h2-8,14H,1H3/t8-/m0/s1. The largest absolute Gasteiger partial charge is 0.389 e. The minimum atomic E-state index is -0.705. The summed E-state index contributed by atoms with van der Waals surface area (Å²) >= 11 is 0. The van der Waals surface area contributed by atoms with Crippen molar-refractivity contribution in [3.05, 3.63) is 52.1 Å². The molecular weight excluding hydrogens is 206 g/mol. The van der Waals surface area contributed by atoms with E-state index in [1.54, 1.807) is 31.2 Å². The lowest BCUT2D eigenvalue weighted by Crippen LogP contribution is -1.95. The molecular formula is C12H11NO3. The smallest absolute Gasteiger partial charge is 0.277 e. The van der Waals surface area contributed by atoms with E-state index < -0.39 is 11.0 Å². The highest BCUT2D eigenvalue weighted by atomic mass is 16.6. The van der Waals surface area contributed by atoms with Gasteiger partial charge in [-0.2, -0.15) is 0 Å². The fourth-order valence-electron chi connectivity index (χ4n) is 1.71. The van der Waals surface area contributed by atoms with Crippen LogP contribution in [0.1, 0.15) is 18.6 Å². The molecule has 2 aromatic rings. The second-order valence-electron chi connectivity index (χ2n) is 3.69. The van der Waals surface area contributed by atoms with E-state index in [4.69, 9.17) is 0 Å². The maximum atomic E-state index is 10.9. The van der Waals surface area contributed by atoms with Crippen molar-refractivity contribution < 1.29 is 10.0 Å². The predicted molar refractivity (Wildman–Crippen MR) is 61.2 cm³/mol. The maximum absolute atomic E-state index is 10.9. The number of nitro groups is 1. The van der Waals surface area contributed by atoms with E-state index in [1.807, 2.05) is 6.07 Å². The van der Waals surface area contributed by atoms with Gasteiger partial charge in [-0.1, -0.05) is 18.2 Å². The maximum Gasteiger partial charge on any atom is 0.277 e. The fraction of sp³-hybridized carbons (Fsp3) is 0.167. The molecule has 0 aliphatic carbocycles. The first-order chi connectivity index (χ1) is 7.59. The van der Waals surface area contributed by atoms with Gasteiger partial charge >= 0.3 is 0 Å². The zero-order valence-electron chi connectivity index (χ0n) is 8.75. The summed E-state index contributed by atoms with van der Waals surface area (Å²) in [6, 6.07) is 10.3. The minimum Gasteiger partial charge on any atom is -0.389 e. The Labute approximate surface area is 92.3 Å². The number of hydrogen-bond acceptors (Lipinski definition) is 3. The molecule has 4 nitrogen and oxygen atoms in total. The lowest BCUT2D eigenvalue weighted by molar-refractivity contribution is -0.383. The van der Waals surface area contributed by atoms with E-state index in [0.717, 1.165) is 5.39 Å². The average molecular weight is 217 g/mol. The van der Waals surface area contributed by atoms with E-state index in [2.05, 4.69) is 0 Å². The predicted octanol–water partition coefficient (Wildman–Crippen LogP) is 2.80. The number of fused-ring (bicyclic) bond motifs is 1. The Kier molecular flexibility index (Phi) is 2.58. The molecule has 82 valence electrons. The summed E-state index contributed by atoms with van der Waals surface area (Å²) in [6.07, 6.45) is -0.705. The van der Waals surface area contributed by atoms with Crippen molar-refractivity contribution in [2.75, 3.05) is 0 Å². The molecule has 0 bridgehead atoms. The second kappa shape index (κ2) is 3.90. The van der Waals surface area contributed by atoms with Gasteiger partial charge in [0.15, 0.2) is 0 Å². The molecule has 4 heteroatoms. The molecule has 1 N–H and O–H groups in total. The Balaban J connectivity index is 2.79. The first-order valence-corrected chi connectivity index (χ1v) is 4.95. The molecule has 0 aromatic heterocycles. The van der Waals surface area contributed by atoms with Gasteiger partial charge in [-0.25, -0.2) is 0 Å². The van der Waals surface area contributed by atoms with Crippen LogP contribution < -0.4 is 0 Å². The molecule has 0 spiro atoms. The minimum absolute atomic E-state index is 0.0361. The number of nitro benzene ring substituents is 1. The molecule has 0 aliphatic heterocycles. The number of hydrogen-bond donors (Lipinski definition) is 1. The summed E-state index contributed by atoms with van der Waals surface area (Å²) in [7, 11) is 0. The van der Waals surface area contributed by atoms with E-state index in [9.17, 15) is 15.2 Å². The van der Waals surface area contributed by atoms with Gasteiger partial charge in [0.05, 0.1) is 16.4 Å². The van der Waals surface area contributed by atoms with Gasteiger partial charge in [0.25, 0.3) is 5.69 Å². The second-order valence-corrected chi connectivity index (χ2v) is 3.69. The first kappa shape index (κ1) is 10.6. The van der Waals surface area contributed by atoms with Crippen LogP contribution in [0.15, 0.2) is 36.4 Å². The third-order valence-corrected chi connectivity index (χ3v) is 2.54. The molecule has 0 unspecified atom stereocenters. The third-order valence-electron chi connectivity index (χ3n) is 2.54. The molecule has 2 rings (SSSR count). The van der Waals surface area contributed by atoms with E-state index >= 15 is 0 Å². The van der Waals surface area contributed by atoms with Gasteiger partial charge in [0.1, 0.15) is 0 Å². The van der Waals surface area contributed by atoms with Crippen LogP contribution in [0.3, 0.4) is 0 Å². The number of aliphatic hydroxyl groups is 1. The number of aliphatic hydroxyl groups excluding tert-OH is 1. The van der Waals surface area contributed by atoms with Crippen LogP contribution >= 0.6 is 0 Å². The monoisotopic (exact) mass is 217 g/mol. The third kappa shape index (κ3) is 1.75. The molecule has 0 amide bonds. The van der Waals surface area contributed by atoms with Crippen molar-refractivity contribution in [2.24, 2.45) is 0 Å². The van der Waals surface area contributed by atoms with Crippen LogP contribution in [-0.4, -0.2) is 10.0 Å². The van der Waals surface area contributed by atoms with E-state index in [-0.39, 0.29) is 5.69 Å². The molecule has 2 aromatic carbocycles.